The van der Waals surface area contributed by atoms with Gasteiger partial charge in [0.2, 0.25) is 0 Å². The van der Waals surface area contributed by atoms with Crippen LogP contribution in [0.4, 0.5) is 0 Å². The van der Waals surface area contributed by atoms with Crippen LogP contribution in [-0.2, 0) is 21.4 Å². The molecule has 0 radical (unpaired) electrons. The van der Waals surface area contributed by atoms with Crippen molar-refractivity contribution in [2.75, 3.05) is 6.54 Å². The Balaban J connectivity index is 1.37. The van der Waals surface area contributed by atoms with Crippen molar-refractivity contribution in [3.05, 3.63) is 47.2 Å². The number of allylic oxidation sites excluding steroid dienone is 2. The zero-order chi connectivity index (χ0) is 23.6. The van der Waals surface area contributed by atoms with Crippen LogP contribution in [0.1, 0.15) is 84.3 Å². The van der Waals surface area contributed by atoms with Crippen molar-refractivity contribution in [2.45, 2.75) is 85.0 Å². The number of hydrogen-bond acceptors (Lipinski definition) is 3. The van der Waals surface area contributed by atoms with E-state index < -0.39 is 0 Å². The third kappa shape index (κ3) is 3.61. The van der Waals surface area contributed by atoms with Crippen LogP contribution in [-0.4, -0.2) is 18.1 Å². The fourth-order valence-electron chi connectivity index (χ4n) is 8.39. The fourth-order valence-corrected chi connectivity index (χ4v) is 8.39. The van der Waals surface area contributed by atoms with E-state index in [2.05, 4.69) is 64.2 Å². The van der Waals surface area contributed by atoms with E-state index in [4.69, 9.17) is 0 Å². The van der Waals surface area contributed by atoms with Gasteiger partial charge in [0.05, 0.1) is 0 Å². The number of nitrogens with one attached hydrogen (secondary N) is 1. The molecule has 2 saturated carbocycles. The Labute approximate surface area is 199 Å². The number of rotatable bonds is 3. The highest BCUT2D eigenvalue weighted by Gasteiger charge is 2.60. The predicted molar refractivity (Wildman–Crippen MR) is 133 cm³/mol. The van der Waals surface area contributed by atoms with E-state index in [-0.39, 0.29) is 27.9 Å². The Morgan fingerprint density at radius 2 is 1.82 bits per heavy atom. The van der Waals surface area contributed by atoms with Gasteiger partial charge < -0.3 is 5.32 Å². The molecule has 0 spiro atoms. The maximum Gasteiger partial charge on any atom is 0.157 e. The molecule has 1 aliphatic heterocycles. The lowest BCUT2D eigenvalue weighted by Crippen LogP contribution is -2.57. The van der Waals surface area contributed by atoms with Crippen LogP contribution in [0.2, 0.25) is 0 Å². The smallest absolute Gasteiger partial charge is 0.157 e. The normalized spacial score (nSPS) is 38.0. The highest BCUT2D eigenvalue weighted by molar-refractivity contribution is 5.91. The average molecular weight is 448 g/mol. The molecule has 33 heavy (non-hydrogen) atoms. The van der Waals surface area contributed by atoms with Crippen molar-refractivity contribution in [1.29, 1.82) is 0 Å². The van der Waals surface area contributed by atoms with Crippen LogP contribution >= 0.6 is 0 Å². The van der Waals surface area contributed by atoms with Gasteiger partial charge in [-0.2, -0.15) is 0 Å². The van der Waals surface area contributed by atoms with E-state index in [1.54, 1.807) is 0 Å². The summed E-state index contributed by atoms with van der Waals surface area (Å²) in [6.45, 7) is 12.5. The minimum absolute atomic E-state index is 0.0485. The van der Waals surface area contributed by atoms with E-state index >= 15 is 0 Å². The quantitative estimate of drug-likeness (QED) is 0.617. The first kappa shape index (κ1) is 22.9. The lowest BCUT2D eigenvalue weighted by atomic mass is 9.49. The number of carbonyl (C=O) groups is 2. The molecule has 0 aromatic heterocycles. The Morgan fingerprint density at radius 3 is 2.58 bits per heavy atom. The summed E-state index contributed by atoms with van der Waals surface area (Å²) in [7, 11) is 0. The van der Waals surface area contributed by atoms with Gasteiger partial charge in [-0.15, -0.1) is 0 Å². The van der Waals surface area contributed by atoms with Crippen molar-refractivity contribution in [2.24, 2.45) is 34.5 Å². The SMILES string of the molecule is CC(C)(C)c1ccccc1CC(=O)C1CCC2C3CNC4=CC(=O)CC[C@]4(C)C3CC[C@]12C. The second-order valence-electron chi connectivity index (χ2n) is 12.9. The van der Waals surface area contributed by atoms with Crippen LogP contribution in [0.5, 0.6) is 0 Å². The van der Waals surface area contributed by atoms with E-state index in [0.29, 0.717) is 36.4 Å². The van der Waals surface area contributed by atoms with Gasteiger partial charge in [0.15, 0.2) is 5.78 Å². The fraction of sp³-hybridized carbons (Fsp3) is 0.667. The van der Waals surface area contributed by atoms with Crippen LogP contribution in [0.3, 0.4) is 0 Å². The summed E-state index contributed by atoms with van der Waals surface area (Å²) in [6.07, 6.45) is 8.66. The third-order valence-electron chi connectivity index (χ3n) is 10.2. The maximum atomic E-state index is 13.8. The van der Waals surface area contributed by atoms with Crippen molar-refractivity contribution in [3.63, 3.8) is 0 Å². The number of ketones is 2. The first-order chi connectivity index (χ1) is 15.5. The summed E-state index contributed by atoms with van der Waals surface area (Å²) in [5.74, 6) is 2.75. The monoisotopic (exact) mass is 447 g/mol. The molecule has 6 atom stereocenters. The molecular formula is C30H41NO2. The topological polar surface area (TPSA) is 46.2 Å². The van der Waals surface area contributed by atoms with Crippen LogP contribution in [0, 0.1) is 34.5 Å². The zero-order valence-electron chi connectivity index (χ0n) is 21.2. The van der Waals surface area contributed by atoms with E-state index in [1.165, 1.54) is 29.7 Å². The van der Waals surface area contributed by atoms with Crippen LogP contribution in [0.15, 0.2) is 36.0 Å². The first-order valence-corrected chi connectivity index (χ1v) is 13.1. The second-order valence-corrected chi connectivity index (χ2v) is 12.9. The van der Waals surface area contributed by atoms with Gasteiger partial charge in [0, 0.05) is 42.5 Å². The predicted octanol–water partition coefficient (Wildman–Crippen LogP) is 6.01. The molecule has 3 nitrogen and oxygen atoms in total. The Kier molecular flexibility index (Phi) is 5.42. The molecule has 1 aromatic carbocycles. The largest absolute Gasteiger partial charge is 0.387 e. The second kappa shape index (κ2) is 7.82. The molecule has 4 unspecified atom stereocenters. The molecule has 4 aliphatic rings. The van der Waals surface area contributed by atoms with Gasteiger partial charge in [-0.1, -0.05) is 58.9 Å². The Bertz CT molecular complexity index is 1000. The number of piperidine rings is 1. The standard InChI is InChI=1S/C30H41NO2/c1-28(2,3)22-9-7-6-8-19(22)16-26(33)25-11-10-23-21-18-31-27-17-20(32)12-14-30(27,5)24(21)13-15-29(23,25)4/h6-9,17,21,23-25,31H,10-16,18H2,1-5H3/t21?,23?,24?,25?,29-,30+/m0/s1. The molecule has 0 bridgehead atoms. The molecule has 1 heterocycles. The molecule has 0 amide bonds. The first-order valence-electron chi connectivity index (χ1n) is 13.1. The van der Waals surface area contributed by atoms with Crippen LogP contribution in [0.25, 0.3) is 0 Å². The van der Waals surface area contributed by atoms with Gasteiger partial charge in [0.25, 0.3) is 0 Å². The van der Waals surface area contributed by atoms with Gasteiger partial charge in [-0.05, 0) is 71.8 Å². The van der Waals surface area contributed by atoms with Gasteiger partial charge in [-0.25, -0.2) is 0 Å². The average Bonchev–Trinajstić information content (AvgIpc) is 3.11. The van der Waals surface area contributed by atoms with Crippen molar-refractivity contribution in [1.82, 2.24) is 5.32 Å². The molecule has 178 valence electrons. The lowest BCUT2D eigenvalue weighted by molar-refractivity contribution is -0.129. The molecule has 3 heteroatoms. The molecule has 1 saturated heterocycles. The van der Waals surface area contributed by atoms with Crippen molar-refractivity contribution in [3.8, 4) is 0 Å². The Morgan fingerprint density at radius 1 is 1.06 bits per heavy atom. The summed E-state index contributed by atoms with van der Waals surface area (Å²) >= 11 is 0. The minimum atomic E-state index is 0.0485. The summed E-state index contributed by atoms with van der Waals surface area (Å²) in [5, 5.41) is 3.68. The van der Waals surface area contributed by atoms with E-state index in [9.17, 15) is 9.59 Å². The molecule has 5 rings (SSSR count). The number of fused-ring (bicyclic) bond motifs is 5. The minimum Gasteiger partial charge on any atom is -0.387 e. The van der Waals surface area contributed by atoms with E-state index in [1.807, 2.05) is 6.08 Å². The van der Waals surface area contributed by atoms with Crippen LogP contribution < -0.4 is 5.32 Å². The molecular weight excluding hydrogens is 406 g/mol. The van der Waals surface area contributed by atoms with E-state index in [0.717, 1.165) is 25.8 Å². The summed E-state index contributed by atoms with van der Waals surface area (Å²) < 4.78 is 0. The maximum absolute atomic E-state index is 13.8. The number of carbonyl (C=O) groups excluding carboxylic acids is 2. The summed E-state index contributed by atoms with van der Waals surface area (Å²) in [6, 6.07) is 8.53. The molecule has 3 fully saturated rings. The highest BCUT2D eigenvalue weighted by Crippen LogP contribution is 2.64. The highest BCUT2D eigenvalue weighted by atomic mass is 16.1. The molecule has 1 N–H and O–H groups in total. The number of benzene rings is 1. The third-order valence-corrected chi connectivity index (χ3v) is 10.2. The van der Waals surface area contributed by atoms with Gasteiger partial charge in [-0.3, -0.25) is 9.59 Å². The molecule has 1 aromatic rings. The summed E-state index contributed by atoms with van der Waals surface area (Å²) in [4.78, 5) is 25.8. The van der Waals surface area contributed by atoms with Gasteiger partial charge >= 0.3 is 0 Å². The number of hydrogen-bond donors (Lipinski definition) is 1. The van der Waals surface area contributed by atoms with Crippen molar-refractivity contribution < 1.29 is 9.59 Å². The van der Waals surface area contributed by atoms with Gasteiger partial charge in [0.1, 0.15) is 5.78 Å². The number of Topliss-reactive ketones (excluding diaryl/α,β-unsaturated/α-hetero) is 1. The lowest BCUT2D eigenvalue weighted by Gasteiger charge is -2.58. The summed E-state index contributed by atoms with van der Waals surface area (Å²) in [5.41, 5.74) is 3.96. The zero-order valence-corrected chi connectivity index (χ0v) is 21.2. The Hall–Kier alpha value is -1.90. The molecule has 3 aliphatic carbocycles. The van der Waals surface area contributed by atoms with Crippen molar-refractivity contribution >= 4 is 11.6 Å².